The molecule has 3 heterocycles. The van der Waals surface area contributed by atoms with Gasteiger partial charge in [0.05, 0.1) is 22.5 Å². The molecule has 8 rings (SSSR count). The van der Waals surface area contributed by atoms with Crippen molar-refractivity contribution in [2.75, 3.05) is 4.90 Å². The first kappa shape index (κ1) is 27.5. The smallest absolute Gasteiger partial charge is 0.305 e. The molecule has 6 unspecified atom stereocenters. The molecule has 3 aromatic carbocycles. The Morgan fingerprint density at radius 1 is 0.930 bits per heavy atom. The van der Waals surface area contributed by atoms with Crippen LogP contribution in [0.25, 0.3) is 0 Å². The lowest BCUT2D eigenvalue weighted by Gasteiger charge is -2.43. The molecule has 10 heteroatoms. The first-order valence-corrected chi connectivity index (χ1v) is 16.7. The maximum Gasteiger partial charge on any atom is 0.305 e. The van der Waals surface area contributed by atoms with Crippen molar-refractivity contribution in [2.45, 2.75) is 36.1 Å². The number of carbonyl (C=O) groups excluding carboxylic acids is 2. The molecule has 0 radical (unpaired) electrons. The van der Waals surface area contributed by atoms with Crippen molar-refractivity contribution in [1.82, 2.24) is 4.98 Å². The van der Waals surface area contributed by atoms with Crippen LogP contribution < -0.4 is 14.5 Å². The Hall–Kier alpha value is -3.04. The maximum absolute atomic E-state index is 14.0. The van der Waals surface area contributed by atoms with Gasteiger partial charge in [0.1, 0.15) is 12.4 Å². The van der Waals surface area contributed by atoms with E-state index in [4.69, 9.17) is 27.9 Å². The van der Waals surface area contributed by atoms with Gasteiger partial charge in [-0.15, -0.1) is 11.8 Å². The topological polar surface area (TPSA) is 79.5 Å². The van der Waals surface area contributed by atoms with E-state index in [-0.39, 0.29) is 51.5 Å². The number of amides is 2. The number of aromatic nitrogens is 1. The van der Waals surface area contributed by atoms with Crippen LogP contribution in [0, 0.1) is 36.5 Å². The summed E-state index contributed by atoms with van der Waals surface area (Å²) in [6.45, 7) is 2.46. The van der Waals surface area contributed by atoms with Crippen molar-refractivity contribution in [3.63, 3.8) is 0 Å². The molecule has 3 fully saturated rings. The Bertz CT molecular complexity index is 1850. The van der Waals surface area contributed by atoms with Gasteiger partial charge in [-0.25, -0.2) is 0 Å². The highest BCUT2D eigenvalue weighted by molar-refractivity contribution is 8.00. The minimum absolute atomic E-state index is 0.0141. The molecule has 43 heavy (non-hydrogen) atoms. The fourth-order valence-electron chi connectivity index (χ4n) is 8.03. The lowest BCUT2D eigenvalue weighted by Crippen LogP contribution is -2.42. The fourth-order valence-corrected chi connectivity index (χ4v) is 11.2. The SMILES string of the molecule is Cc1ccccc1COc1ccc(Cl)cc1[C@H]1c2sc(=O)[nH]c2SC2C3CC(C4C(=O)N(c5ccc(Cl)cc5)C(=O)C34)C21. The van der Waals surface area contributed by atoms with Gasteiger partial charge in [-0.1, -0.05) is 58.8 Å². The van der Waals surface area contributed by atoms with Crippen LogP contribution in [0.4, 0.5) is 5.69 Å². The highest BCUT2D eigenvalue weighted by Gasteiger charge is 2.69. The Labute approximate surface area is 266 Å². The zero-order chi connectivity index (χ0) is 29.6. The van der Waals surface area contributed by atoms with Crippen molar-refractivity contribution in [1.29, 1.82) is 0 Å². The number of hydrogen-bond acceptors (Lipinski definition) is 6. The summed E-state index contributed by atoms with van der Waals surface area (Å²) in [4.78, 5) is 45.9. The summed E-state index contributed by atoms with van der Waals surface area (Å²) in [6.07, 6.45) is 0.805. The Morgan fingerprint density at radius 3 is 2.42 bits per heavy atom. The number of hydrogen-bond donors (Lipinski definition) is 1. The third-order valence-corrected chi connectivity index (χ3v) is 12.8. The molecule has 2 saturated carbocycles. The van der Waals surface area contributed by atoms with Gasteiger partial charge in [-0.2, -0.15) is 0 Å². The largest absolute Gasteiger partial charge is 0.489 e. The Balaban J connectivity index is 1.20. The second kappa shape index (κ2) is 10.3. The average molecular weight is 650 g/mol. The first-order chi connectivity index (χ1) is 20.8. The highest BCUT2D eigenvalue weighted by atomic mass is 35.5. The number of fused-ring (bicyclic) bond motifs is 9. The van der Waals surface area contributed by atoms with Gasteiger partial charge in [0.25, 0.3) is 0 Å². The maximum atomic E-state index is 14.0. The molecule has 2 aliphatic heterocycles. The van der Waals surface area contributed by atoms with Gasteiger partial charge in [0.2, 0.25) is 11.8 Å². The van der Waals surface area contributed by atoms with Crippen LogP contribution in [0.5, 0.6) is 5.75 Å². The summed E-state index contributed by atoms with van der Waals surface area (Å²) in [7, 11) is 0. The number of anilines is 1. The van der Waals surface area contributed by atoms with E-state index in [0.717, 1.165) is 33.0 Å². The second-order valence-electron chi connectivity index (χ2n) is 11.8. The lowest BCUT2D eigenvalue weighted by molar-refractivity contribution is -0.123. The molecule has 7 atom stereocenters. The number of aromatic amines is 1. The van der Waals surface area contributed by atoms with Crippen LogP contribution in [-0.2, 0) is 16.2 Å². The number of H-pyrrole nitrogens is 1. The van der Waals surface area contributed by atoms with Gasteiger partial charge >= 0.3 is 4.87 Å². The molecule has 2 bridgehead atoms. The van der Waals surface area contributed by atoms with E-state index in [2.05, 4.69) is 24.0 Å². The monoisotopic (exact) mass is 648 g/mol. The van der Waals surface area contributed by atoms with E-state index < -0.39 is 5.92 Å². The quantitative estimate of drug-likeness (QED) is 0.230. The zero-order valence-electron chi connectivity index (χ0n) is 23.0. The van der Waals surface area contributed by atoms with E-state index in [1.54, 1.807) is 36.0 Å². The van der Waals surface area contributed by atoms with Crippen LogP contribution in [0.2, 0.25) is 10.0 Å². The van der Waals surface area contributed by atoms with E-state index in [1.807, 2.05) is 30.3 Å². The number of rotatable bonds is 5. The van der Waals surface area contributed by atoms with Gasteiger partial charge in [-0.05, 0) is 84.7 Å². The Kier molecular flexibility index (Phi) is 6.56. The third-order valence-electron chi connectivity index (χ3n) is 9.76. The van der Waals surface area contributed by atoms with E-state index in [9.17, 15) is 14.4 Å². The zero-order valence-corrected chi connectivity index (χ0v) is 26.1. The standard InChI is InChI=1S/C33H26Cl2N2O4S2/c1-15-4-2-3-5-16(15)14-41-23-11-8-18(35)12-20(23)24-25-21-13-22(28(25)42-30-29(24)43-33(40)36-30)27-26(21)31(38)37(32(27)39)19-9-6-17(34)7-10-19/h2-12,21-22,24-28H,13-14H2,1H3,(H,36,40)/t21?,22?,24-,25?,26?,27?,28?/m1/s1. The third kappa shape index (κ3) is 4.25. The predicted octanol–water partition coefficient (Wildman–Crippen LogP) is 7.31. The van der Waals surface area contributed by atoms with E-state index in [0.29, 0.717) is 28.1 Å². The average Bonchev–Trinajstić information content (AvgIpc) is 3.72. The number of benzene rings is 3. The van der Waals surface area contributed by atoms with Crippen molar-refractivity contribution in [3.05, 3.63) is 108 Å². The van der Waals surface area contributed by atoms with Crippen molar-refractivity contribution in [3.8, 4) is 5.75 Å². The molecular formula is C33H26Cl2N2O4S2. The summed E-state index contributed by atoms with van der Waals surface area (Å²) < 4.78 is 6.48. The van der Waals surface area contributed by atoms with Crippen LogP contribution in [0.1, 0.15) is 33.9 Å². The van der Waals surface area contributed by atoms with Crippen molar-refractivity contribution >= 4 is 63.8 Å². The molecular weight excluding hydrogens is 623 g/mol. The molecule has 4 aromatic rings. The van der Waals surface area contributed by atoms with Crippen molar-refractivity contribution < 1.29 is 14.3 Å². The summed E-state index contributed by atoms with van der Waals surface area (Å²) in [5, 5.41) is 2.05. The van der Waals surface area contributed by atoms with Gasteiger partial charge in [-0.3, -0.25) is 19.3 Å². The van der Waals surface area contributed by atoms with Crippen molar-refractivity contribution in [2.24, 2.45) is 29.6 Å². The van der Waals surface area contributed by atoms with Crippen LogP contribution in [0.15, 0.2) is 76.6 Å². The van der Waals surface area contributed by atoms with Gasteiger partial charge in [0.15, 0.2) is 0 Å². The fraction of sp³-hybridized carbons (Fsp3) is 0.303. The molecule has 6 nitrogen and oxygen atoms in total. The molecule has 0 spiro atoms. The minimum atomic E-state index is -0.398. The number of imide groups is 1. The summed E-state index contributed by atoms with van der Waals surface area (Å²) >= 11 is 15.6. The van der Waals surface area contributed by atoms with Crippen LogP contribution in [0.3, 0.4) is 0 Å². The molecule has 4 aliphatic rings. The molecule has 1 saturated heterocycles. The van der Waals surface area contributed by atoms with E-state index >= 15 is 0 Å². The lowest BCUT2D eigenvalue weighted by atomic mass is 9.68. The highest BCUT2D eigenvalue weighted by Crippen LogP contribution is 2.69. The van der Waals surface area contributed by atoms with Gasteiger partial charge in [0, 0.05) is 31.7 Å². The van der Waals surface area contributed by atoms with Gasteiger partial charge < -0.3 is 9.72 Å². The number of nitrogens with one attached hydrogen (secondary N) is 1. The number of thioether (sulfide) groups is 1. The number of thiazole rings is 1. The molecule has 1 aromatic heterocycles. The number of ether oxygens (including phenoxy) is 1. The predicted molar refractivity (Wildman–Crippen MR) is 169 cm³/mol. The molecule has 2 amide bonds. The number of carbonyl (C=O) groups is 2. The summed E-state index contributed by atoms with van der Waals surface area (Å²) in [5.41, 5.74) is 3.72. The molecule has 2 aliphatic carbocycles. The summed E-state index contributed by atoms with van der Waals surface area (Å²) in [5.74, 6) is -0.470. The Morgan fingerprint density at radius 2 is 1.65 bits per heavy atom. The number of aryl methyl sites for hydroxylation is 1. The van der Waals surface area contributed by atoms with Crippen LogP contribution in [-0.4, -0.2) is 22.0 Å². The molecule has 218 valence electrons. The van der Waals surface area contributed by atoms with E-state index in [1.165, 1.54) is 16.2 Å². The minimum Gasteiger partial charge on any atom is -0.489 e. The first-order valence-electron chi connectivity index (χ1n) is 14.3. The number of halogens is 2. The normalized spacial score (nSPS) is 28.6. The second-order valence-corrected chi connectivity index (χ2v) is 14.9. The molecule has 1 N–H and O–H groups in total. The number of nitrogens with zero attached hydrogens (tertiary/aromatic N) is 1. The summed E-state index contributed by atoms with van der Waals surface area (Å²) in [6, 6.07) is 20.7. The van der Waals surface area contributed by atoms with Crippen LogP contribution >= 0.6 is 46.3 Å².